The van der Waals surface area contributed by atoms with Gasteiger partial charge in [0.1, 0.15) is 17.1 Å². The van der Waals surface area contributed by atoms with Gasteiger partial charge in [0.2, 0.25) is 0 Å². The summed E-state index contributed by atoms with van der Waals surface area (Å²) in [5.41, 5.74) is 0.505. The summed E-state index contributed by atoms with van der Waals surface area (Å²) < 4.78 is 15.7. The van der Waals surface area contributed by atoms with E-state index in [2.05, 4.69) is 0 Å². The van der Waals surface area contributed by atoms with Crippen LogP contribution in [-0.4, -0.2) is 30.9 Å². The molecule has 0 unspecified atom stereocenters. The third-order valence-electron chi connectivity index (χ3n) is 2.47. The summed E-state index contributed by atoms with van der Waals surface area (Å²) in [6.07, 6.45) is 0.649. The quantitative estimate of drug-likeness (QED) is 0.493. The zero-order valence-electron chi connectivity index (χ0n) is 12.2. The van der Waals surface area contributed by atoms with Crippen molar-refractivity contribution in [2.75, 3.05) is 13.7 Å². The molecule has 1 aromatic carbocycles. The van der Waals surface area contributed by atoms with Crippen molar-refractivity contribution in [1.29, 1.82) is 0 Å². The summed E-state index contributed by atoms with van der Waals surface area (Å²) in [6.45, 7) is 5.67. The fraction of sp³-hybridized carbons (Fsp3) is 0.400. The lowest BCUT2D eigenvalue weighted by Gasteiger charge is -2.16. The third-order valence-corrected chi connectivity index (χ3v) is 2.47. The van der Waals surface area contributed by atoms with Gasteiger partial charge >= 0.3 is 5.97 Å². The number of rotatable bonds is 6. The van der Waals surface area contributed by atoms with Crippen LogP contribution in [0.25, 0.3) is 5.57 Å². The van der Waals surface area contributed by atoms with E-state index in [1.165, 1.54) is 0 Å². The van der Waals surface area contributed by atoms with Crippen molar-refractivity contribution in [3.63, 3.8) is 0 Å². The normalized spacial score (nSPS) is 11.3. The number of methoxy groups -OCH3 is 1. The first kappa shape index (κ1) is 15.9. The second-order valence-corrected chi connectivity index (χ2v) is 4.29. The molecular formula is C15H20O5. The molecule has 110 valence electrons. The lowest BCUT2D eigenvalue weighted by atomic mass is 10.1. The summed E-state index contributed by atoms with van der Waals surface area (Å²) in [5, 5.41) is 9.31. The number of aliphatic hydroxyl groups excluding tert-OH is 1. The minimum absolute atomic E-state index is 0.0464. The summed E-state index contributed by atoms with van der Waals surface area (Å²) in [5.74, 6) is 0.451. The Morgan fingerprint density at radius 2 is 2.10 bits per heavy atom. The van der Waals surface area contributed by atoms with E-state index in [-0.39, 0.29) is 18.3 Å². The summed E-state index contributed by atoms with van der Waals surface area (Å²) in [4.78, 5) is 11.8. The van der Waals surface area contributed by atoms with Gasteiger partial charge in [0.25, 0.3) is 0 Å². The zero-order valence-corrected chi connectivity index (χ0v) is 12.2. The number of ether oxygens (including phenoxy) is 3. The minimum Gasteiger partial charge on any atom is -0.515 e. The van der Waals surface area contributed by atoms with Gasteiger partial charge in [-0.1, -0.05) is 0 Å². The van der Waals surface area contributed by atoms with Crippen molar-refractivity contribution in [1.82, 2.24) is 0 Å². The number of hydrogen-bond donors (Lipinski definition) is 1. The number of benzene rings is 1. The summed E-state index contributed by atoms with van der Waals surface area (Å²) in [6, 6.07) is 5.00. The topological polar surface area (TPSA) is 65.0 Å². The monoisotopic (exact) mass is 280 g/mol. The van der Waals surface area contributed by atoms with Gasteiger partial charge in [-0.3, -0.25) is 0 Å². The lowest BCUT2D eigenvalue weighted by molar-refractivity contribution is -0.136. The van der Waals surface area contributed by atoms with Crippen LogP contribution < -0.4 is 9.47 Å². The maximum Gasteiger partial charge on any atom is 0.342 e. The fourth-order valence-electron chi connectivity index (χ4n) is 1.64. The average molecular weight is 280 g/mol. The Kier molecular flexibility index (Phi) is 5.90. The molecule has 0 aliphatic rings. The Balaban J connectivity index is 3.23. The minimum atomic E-state index is -0.603. The van der Waals surface area contributed by atoms with Crippen LogP contribution in [0.3, 0.4) is 0 Å². The van der Waals surface area contributed by atoms with Gasteiger partial charge in [0.05, 0.1) is 26.1 Å². The molecule has 0 heterocycles. The molecule has 0 saturated carbocycles. The highest BCUT2D eigenvalue weighted by Gasteiger charge is 2.19. The van der Waals surface area contributed by atoms with Crippen LogP contribution in [-0.2, 0) is 9.53 Å². The van der Waals surface area contributed by atoms with Gasteiger partial charge < -0.3 is 19.3 Å². The number of carbonyl (C=O) groups is 1. The number of esters is 1. The molecule has 0 amide bonds. The molecule has 0 radical (unpaired) electrons. The first-order valence-electron chi connectivity index (χ1n) is 6.40. The first-order valence-corrected chi connectivity index (χ1v) is 6.40. The number of hydrogen-bond acceptors (Lipinski definition) is 5. The molecule has 0 bridgehead atoms. The highest BCUT2D eigenvalue weighted by molar-refractivity contribution is 6.17. The van der Waals surface area contributed by atoms with Crippen LogP contribution in [0.2, 0.25) is 0 Å². The Hall–Kier alpha value is -2.17. The van der Waals surface area contributed by atoms with E-state index in [0.29, 0.717) is 17.1 Å². The van der Waals surface area contributed by atoms with Crippen LogP contribution in [0.1, 0.15) is 26.3 Å². The van der Waals surface area contributed by atoms with Crippen LogP contribution in [0.5, 0.6) is 11.5 Å². The second kappa shape index (κ2) is 7.43. The Morgan fingerprint density at radius 1 is 1.40 bits per heavy atom. The SMILES string of the molecule is CCOC(=O)C(=CO)c1ccc(OC)cc1OC(C)C. The van der Waals surface area contributed by atoms with E-state index >= 15 is 0 Å². The van der Waals surface area contributed by atoms with Crippen molar-refractivity contribution in [2.45, 2.75) is 26.9 Å². The smallest absolute Gasteiger partial charge is 0.342 e. The van der Waals surface area contributed by atoms with E-state index < -0.39 is 5.97 Å². The molecule has 20 heavy (non-hydrogen) atoms. The third kappa shape index (κ3) is 3.91. The predicted octanol–water partition coefficient (Wildman–Crippen LogP) is 2.94. The Labute approximate surface area is 118 Å². The van der Waals surface area contributed by atoms with Gasteiger partial charge in [-0.2, -0.15) is 0 Å². The molecule has 1 aromatic rings. The largest absolute Gasteiger partial charge is 0.515 e. The van der Waals surface area contributed by atoms with Gasteiger partial charge in [-0.15, -0.1) is 0 Å². The zero-order chi connectivity index (χ0) is 15.1. The van der Waals surface area contributed by atoms with Crippen molar-refractivity contribution in [3.8, 4) is 11.5 Å². The van der Waals surface area contributed by atoms with Crippen molar-refractivity contribution in [2.24, 2.45) is 0 Å². The Bertz CT molecular complexity index is 491. The van der Waals surface area contributed by atoms with Gasteiger partial charge in [-0.25, -0.2) is 4.79 Å². The molecule has 1 rings (SSSR count). The van der Waals surface area contributed by atoms with Crippen LogP contribution in [0.15, 0.2) is 24.5 Å². The standard InChI is InChI=1S/C15H20O5/c1-5-19-15(17)13(9-16)12-7-6-11(18-4)8-14(12)20-10(2)3/h6-10,16H,5H2,1-4H3. The van der Waals surface area contributed by atoms with Crippen molar-refractivity contribution in [3.05, 3.63) is 30.0 Å². The average Bonchev–Trinajstić information content (AvgIpc) is 2.40. The van der Waals surface area contributed by atoms with Gasteiger partial charge in [0.15, 0.2) is 0 Å². The maximum atomic E-state index is 11.8. The molecule has 0 saturated heterocycles. The first-order chi connectivity index (χ1) is 9.53. The molecule has 1 N–H and O–H groups in total. The maximum absolute atomic E-state index is 11.8. The highest BCUT2D eigenvalue weighted by Crippen LogP contribution is 2.31. The summed E-state index contributed by atoms with van der Waals surface area (Å²) >= 11 is 0. The molecule has 5 heteroatoms. The molecule has 0 aliphatic carbocycles. The van der Waals surface area contributed by atoms with Gasteiger partial charge in [0, 0.05) is 11.6 Å². The number of carbonyl (C=O) groups excluding carboxylic acids is 1. The van der Waals surface area contributed by atoms with E-state index in [1.54, 1.807) is 32.2 Å². The van der Waals surface area contributed by atoms with Gasteiger partial charge in [-0.05, 0) is 32.9 Å². The summed E-state index contributed by atoms with van der Waals surface area (Å²) in [7, 11) is 1.54. The molecule has 0 aliphatic heterocycles. The predicted molar refractivity (Wildman–Crippen MR) is 76.0 cm³/mol. The van der Waals surface area contributed by atoms with Crippen LogP contribution in [0, 0.1) is 0 Å². The van der Waals surface area contributed by atoms with Crippen molar-refractivity contribution < 1.29 is 24.1 Å². The molecule has 0 aromatic heterocycles. The van der Waals surface area contributed by atoms with Crippen LogP contribution >= 0.6 is 0 Å². The number of aliphatic hydroxyl groups is 1. The second-order valence-electron chi connectivity index (χ2n) is 4.29. The van der Waals surface area contributed by atoms with Crippen LogP contribution in [0.4, 0.5) is 0 Å². The Morgan fingerprint density at radius 3 is 2.60 bits per heavy atom. The van der Waals surface area contributed by atoms with E-state index in [0.717, 1.165) is 6.26 Å². The molecular weight excluding hydrogens is 260 g/mol. The molecule has 0 spiro atoms. The fourth-order valence-corrected chi connectivity index (χ4v) is 1.64. The molecule has 0 fully saturated rings. The highest BCUT2D eigenvalue weighted by atomic mass is 16.5. The van der Waals surface area contributed by atoms with Crippen molar-refractivity contribution >= 4 is 11.5 Å². The van der Waals surface area contributed by atoms with E-state index in [4.69, 9.17) is 14.2 Å². The molecule has 0 atom stereocenters. The van der Waals surface area contributed by atoms with E-state index in [9.17, 15) is 9.90 Å². The lowest BCUT2D eigenvalue weighted by Crippen LogP contribution is -2.11. The molecule has 5 nitrogen and oxygen atoms in total. The van der Waals surface area contributed by atoms with E-state index in [1.807, 2.05) is 13.8 Å².